The molecule has 0 aliphatic heterocycles. The first kappa shape index (κ1) is 16.0. The molecule has 1 fully saturated rings. The second kappa shape index (κ2) is 5.92. The van der Waals surface area contributed by atoms with Crippen LogP contribution in [0.25, 0.3) is 0 Å². The molecule has 0 radical (unpaired) electrons. The SMILES string of the molecule is CCC(O)(C(C)C)C1(CN)CCC(C(C)C)CC1. The molecule has 0 aromatic rings. The fourth-order valence-electron chi connectivity index (χ4n) is 4.07. The average molecular weight is 255 g/mol. The van der Waals surface area contributed by atoms with Crippen LogP contribution in [0, 0.1) is 23.2 Å². The van der Waals surface area contributed by atoms with E-state index in [0.29, 0.717) is 6.54 Å². The Morgan fingerprint density at radius 3 is 2.00 bits per heavy atom. The van der Waals surface area contributed by atoms with Crippen LogP contribution in [0.3, 0.4) is 0 Å². The van der Waals surface area contributed by atoms with Crippen LogP contribution in [0.5, 0.6) is 0 Å². The zero-order chi connectivity index (χ0) is 14.0. The highest BCUT2D eigenvalue weighted by atomic mass is 16.3. The van der Waals surface area contributed by atoms with E-state index in [1.54, 1.807) is 0 Å². The second-order valence-corrected chi connectivity index (χ2v) is 7.00. The number of rotatable bonds is 5. The van der Waals surface area contributed by atoms with Gasteiger partial charge in [-0.2, -0.15) is 0 Å². The fourth-order valence-corrected chi connectivity index (χ4v) is 4.07. The highest BCUT2D eigenvalue weighted by Crippen LogP contribution is 2.51. The van der Waals surface area contributed by atoms with E-state index in [4.69, 9.17) is 5.73 Å². The Labute approximate surface area is 113 Å². The van der Waals surface area contributed by atoms with Crippen molar-refractivity contribution in [1.29, 1.82) is 0 Å². The van der Waals surface area contributed by atoms with Gasteiger partial charge >= 0.3 is 0 Å². The van der Waals surface area contributed by atoms with Crippen LogP contribution in [0.2, 0.25) is 0 Å². The van der Waals surface area contributed by atoms with Gasteiger partial charge in [0.1, 0.15) is 0 Å². The van der Waals surface area contributed by atoms with E-state index in [1.807, 2.05) is 0 Å². The maximum Gasteiger partial charge on any atom is 0.0735 e. The Morgan fingerprint density at radius 2 is 1.72 bits per heavy atom. The standard InChI is InChI=1S/C16H33NO/c1-6-16(18,13(4)5)15(11-17)9-7-14(8-10-15)12(2)3/h12-14,18H,6-11,17H2,1-5H3. The highest BCUT2D eigenvalue weighted by molar-refractivity contribution is 5.03. The lowest BCUT2D eigenvalue weighted by molar-refractivity contribution is -0.139. The molecule has 1 rings (SSSR count). The van der Waals surface area contributed by atoms with E-state index >= 15 is 0 Å². The van der Waals surface area contributed by atoms with E-state index in [-0.39, 0.29) is 11.3 Å². The van der Waals surface area contributed by atoms with Crippen molar-refractivity contribution in [1.82, 2.24) is 0 Å². The maximum atomic E-state index is 11.1. The van der Waals surface area contributed by atoms with Crippen molar-refractivity contribution in [2.45, 2.75) is 72.3 Å². The zero-order valence-corrected chi connectivity index (χ0v) is 13.0. The summed E-state index contributed by atoms with van der Waals surface area (Å²) in [4.78, 5) is 0. The van der Waals surface area contributed by atoms with Crippen molar-refractivity contribution >= 4 is 0 Å². The number of nitrogens with two attached hydrogens (primary N) is 1. The third kappa shape index (κ3) is 2.60. The molecule has 108 valence electrons. The summed E-state index contributed by atoms with van der Waals surface area (Å²) in [5, 5.41) is 11.1. The Balaban J connectivity index is 2.89. The molecule has 2 heteroatoms. The minimum absolute atomic E-state index is 0.0543. The van der Waals surface area contributed by atoms with Gasteiger partial charge in [0.05, 0.1) is 5.60 Å². The molecular weight excluding hydrogens is 222 g/mol. The van der Waals surface area contributed by atoms with Crippen molar-refractivity contribution in [3.05, 3.63) is 0 Å². The van der Waals surface area contributed by atoms with Crippen LogP contribution in [-0.4, -0.2) is 17.3 Å². The summed E-state index contributed by atoms with van der Waals surface area (Å²) < 4.78 is 0. The monoisotopic (exact) mass is 255 g/mol. The van der Waals surface area contributed by atoms with Gasteiger partial charge in [-0.1, -0.05) is 34.6 Å². The summed E-state index contributed by atoms with van der Waals surface area (Å²) in [7, 11) is 0. The van der Waals surface area contributed by atoms with Crippen molar-refractivity contribution in [3.63, 3.8) is 0 Å². The van der Waals surface area contributed by atoms with Gasteiger partial charge in [-0.25, -0.2) is 0 Å². The van der Waals surface area contributed by atoms with Gasteiger partial charge in [0.15, 0.2) is 0 Å². The predicted octanol–water partition coefficient (Wildman–Crippen LogP) is 3.57. The molecule has 0 aromatic heterocycles. The molecule has 0 spiro atoms. The lowest BCUT2D eigenvalue weighted by atomic mass is 9.56. The normalized spacial score (nSPS) is 32.8. The van der Waals surface area contributed by atoms with Gasteiger partial charge in [0.25, 0.3) is 0 Å². The summed E-state index contributed by atoms with van der Waals surface area (Å²) >= 11 is 0. The lowest BCUT2D eigenvalue weighted by Gasteiger charge is -2.53. The first-order valence-corrected chi connectivity index (χ1v) is 7.75. The van der Waals surface area contributed by atoms with Crippen LogP contribution in [0.15, 0.2) is 0 Å². The Bertz CT molecular complexity index is 254. The highest BCUT2D eigenvalue weighted by Gasteiger charge is 2.51. The van der Waals surface area contributed by atoms with Crippen LogP contribution < -0.4 is 5.73 Å². The molecule has 18 heavy (non-hydrogen) atoms. The minimum Gasteiger partial charge on any atom is -0.389 e. The van der Waals surface area contributed by atoms with Gasteiger partial charge in [-0.05, 0) is 49.9 Å². The molecule has 0 bridgehead atoms. The first-order chi connectivity index (χ1) is 8.33. The largest absolute Gasteiger partial charge is 0.389 e. The molecular formula is C16H33NO. The van der Waals surface area contributed by atoms with Crippen LogP contribution in [0.1, 0.15) is 66.7 Å². The lowest BCUT2D eigenvalue weighted by Crippen LogP contribution is -2.57. The van der Waals surface area contributed by atoms with Crippen LogP contribution >= 0.6 is 0 Å². The molecule has 0 heterocycles. The molecule has 1 aliphatic carbocycles. The fraction of sp³-hybridized carbons (Fsp3) is 1.00. The molecule has 1 aliphatic rings. The number of aliphatic hydroxyl groups is 1. The Hall–Kier alpha value is -0.0800. The number of hydrogen-bond donors (Lipinski definition) is 2. The topological polar surface area (TPSA) is 46.2 Å². The van der Waals surface area contributed by atoms with Crippen LogP contribution in [0.4, 0.5) is 0 Å². The summed E-state index contributed by atoms with van der Waals surface area (Å²) in [5.41, 5.74) is 5.45. The van der Waals surface area contributed by atoms with E-state index < -0.39 is 5.60 Å². The molecule has 0 saturated heterocycles. The predicted molar refractivity (Wildman–Crippen MR) is 78.4 cm³/mol. The summed E-state index contributed by atoms with van der Waals surface area (Å²) in [6.07, 6.45) is 5.45. The van der Waals surface area contributed by atoms with Gasteiger partial charge in [-0.15, -0.1) is 0 Å². The average Bonchev–Trinajstić information content (AvgIpc) is 2.37. The van der Waals surface area contributed by atoms with Crippen molar-refractivity contribution in [3.8, 4) is 0 Å². The van der Waals surface area contributed by atoms with E-state index in [9.17, 15) is 5.11 Å². The van der Waals surface area contributed by atoms with Crippen LogP contribution in [-0.2, 0) is 0 Å². The van der Waals surface area contributed by atoms with E-state index in [2.05, 4.69) is 34.6 Å². The maximum absolute atomic E-state index is 11.1. The number of hydrogen-bond acceptors (Lipinski definition) is 2. The molecule has 1 unspecified atom stereocenters. The third-order valence-electron chi connectivity index (χ3n) is 5.73. The molecule has 1 saturated carbocycles. The van der Waals surface area contributed by atoms with Crippen molar-refractivity contribution in [2.24, 2.45) is 28.9 Å². The van der Waals surface area contributed by atoms with Gasteiger partial charge in [0, 0.05) is 12.0 Å². The van der Waals surface area contributed by atoms with E-state index in [1.165, 1.54) is 12.8 Å². The summed E-state index contributed by atoms with van der Waals surface area (Å²) in [5.74, 6) is 1.86. The summed E-state index contributed by atoms with van der Waals surface area (Å²) in [6.45, 7) is 11.6. The molecule has 2 nitrogen and oxygen atoms in total. The van der Waals surface area contributed by atoms with Crippen molar-refractivity contribution in [2.75, 3.05) is 6.54 Å². The zero-order valence-electron chi connectivity index (χ0n) is 13.0. The Kier molecular flexibility index (Phi) is 5.25. The van der Waals surface area contributed by atoms with Gasteiger partial charge < -0.3 is 10.8 Å². The van der Waals surface area contributed by atoms with E-state index in [0.717, 1.165) is 31.1 Å². The third-order valence-corrected chi connectivity index (χ3v) is 5.73. The Morgan fingerprint density at radius 1 is 1.22 bits per heavy atom. The molecule has 0 aromatic carbocycles. The van der Waals surface area contributed by atoms with Crippen molar-refractivity contribution < 1.29 is 5.11 Å². The van der Waals surface area contributed by atoms with Gasteiger partial charge in [-0.3, -0.25) is 0 Å². The first-order valence-electron chi connectivity index (χ1n) is 7.75. The minimum atomic E-state index is -0.594. The molecule has 3 N–H and O–H groups in total. The second-order valence-electron chi connectivity index (χ2n) is 7.00. The quantitative estimate of drug-likeness (QED) is 0.789. The molecule has 1 atom stereocenters. The molecule has 0 amide bonds. The smallest absolute Gasteiger partial charge is 0.0735 e. The summed E-state index contributed by atoms with van der Waals surface area (Å²) in [6, 6.07) is 0. The van der Waals surface area contributed by atoms with Gasteiger partial charge in [0.2, 0.25) is 0 Å².